The van der Waals surface area contributed by atoms with Crippen LogP contribution in [0.1, 0.15) is 134 Å². The summed E-state index contributed by atoms with van der Waals surface area (Å²) in [6, 6.07) is 4.61. The van der Waals surface area contributed by atoms with Crippen LogP contribution in [0.5, 0.6) is 11.5 Å². The molecule has 14 nitrogen and oxygen atoms in total. The van der Waals surface area contributed by atoms with E-state index in [4.69, 9.17) is 28.5 Å². The fraction of sp³-hybridized carbons (Fsp3) is 0.700. The minimum Gasteiger partial charge on any atom is -0.459 e. The van der Waals surface area contributed by atoms with E-state index in [1.54, 1.807) is 23.1 Å². The molecule has 3 aliphatic rings. The van der Waals surface area contributed by atoms with E-state index in [-0.39, 0.29) is 77.0 Å². The molecular weight excluding hydrogens is 819 g/mol. The molecule has 0 aromatic heterocycles. The van der Waals surface area contributed by atoms with Crippen molar-refractivity contribution >= 4 is 17.9 Å². The number of allylic oxidation sites excluding steroid dienone is 1. The Kier molecular flexibility index (Phi) is 24.3. The Bertz CT molecular complexity index is 1620. The molecule has 4 N–H and O–H groups in total. The second kappa shape index (κ2) is 29.6. The highest BCUT2D eigenvalue weighted by Gasteiger charge is 2.65. The third-order valence-corrected chi connectivity index (χ3v) is 12.7. The van der Waals surface area contributed by atoms with Crippen LogP contribution in [0.4, 0.5) is 9.59 Å². The Morgan fingerprint density at radius 2 is 1.62 bits per heavy atom. The number of carbonyl (C=O) groups is 2. The molecule has 2 aliphatic carbocycles. The van der Waals surface area contributed by atoms with Gasteiger partial charge in [0.1, 0.15) is 24.7 Å². The molecule has 1 aromatic rings. The molecule has 2 amide bonds. The Hall–Kier alpha value is -3.95. The molecule has 0 saturated heterocycles. The molecule has 0 radical (unpaired) electrons. The molecular formula is C50H79N3O11. The van der Waals surface area contributed by atoms with Crippen LogP contribution in [-0.2, 0) is 19.0 Å². The van der Waals surface area contributed by atoms with Crippen molar-refractivity contribution in [3.05, 3.63) is 60.7 Å². The van der Waals surface area contributed by atoms with E-state index in [0.29, 0.717) is 43.0 Å². The first-order valence-electron chi connectivity index (χ1n) is 24.1. The normalized spacial score (nSPS) is 22.7. The molecule has 0 spiro atoms. The number of unbranched alkanes of at least 4 members (excludes halogenated alkanes) is 11. The predicted octanol–water partition coefficient (Wildman–Crippen LogP) is 8.98. The summed E-state index contributed by atoms with van der Waals surface area (Å²) in [5.41, 5.74) is 2.34. The quantitative estimate of drug-likeness (QED) is 0.0301. The number of ether oxygens (including phenoxy) is 5. The molecule has 64 heavy (non-hydrogen) atoms. The van der Waals surface area contributed by atoms with Crippen LogP contribution in [0.3, 0.4) is 0 Å². The SMILES string of the molecule is C=CCCOC(=O)N(CCOCCO)[C@H]1CC(=NOC)C2=C[C@H](CCCCO)[C@@H](CCCCO)[C@@H]3c4cc(OC(=O)NCCCCCCCCCCCC)ccc4O[C@@]1(OCC=C)[C@H]23. The Morgan fingerprint density at radius 1 is 0.906 bits per heavy atom. The first kappa shape index (κ1) is 52.7. The summed E-state index contributed by atoms with van der Waals surface area (Å²) >= 11 is 0. The van der Waals surface area contributed by atoms with E-state index in [1.807, 2.05) is 12.1 Å². The van der Waals surface area contributed by atoms with Gasteiger partial charge >= 0.3 is 12.2 Å². The second-order valence-corrected chi connectivity index (χ2v) is 17.2. The third kappa shape index (κ3) is 15.0. The van der Waals surface area contributed by atoms with E-state index in [0.717, 1.165) is 56.1 Å². The highest BCUT2D eigenvalue weighted by molar-refractivity contribution is 6.03. The average molecular weight is 898 g/mol. The van der Waals surface area contributed by atoms with Gasteiger partial charge in [0.05, 0.1) is 44.7 Å². The van der Waals surface area contributed by atoms with Gasteiger partial charge in [-0.2, -0.15) is 0 Å². The van der Waals surface area contributed by atoms with Crippen LogP contribution in [0.15, 0.2) is 60.3 Å². The molecule has 1 saturated carbocycles. The van der Waals surface area contributed by atoms with Gasteiger partial charge < -0.3 is 49.2 Å². The average Bonchev–Trinajstić information content (AvgIpc) is 3.29. The molecule has 1 fully saturated rings. The lowest BCUT2D eigenvalue weighted by molar-refractivity contribution is -0.256. The van der Waals surface area contributed by atoms with Gasteiger partial charge in [-0.1, -0.05) is 101 Å². The number of nitrogens with one attached hydrogen (secondary N) is 1. The van der Waals surface area contributed by atoms with Crippen LogP contribution in [-0.4, -0.2) is 116 Å². The van der Waals surface area contributed by atoms with E-state index in [9.17, 15) is 24.9 Å². The number of rotatable bonds is 33. The van der Waals surface area contributed by atoms with Crippen molar-refractivity contribution in [2.75, 3.05) is 66.4 Å². The number of carbonyl (C=O) groups excluding carboxylic acids is 2. The smallest absolute Gasteiger partial charge is 0.412 e. The summed E-state index contributed by atoms with van der Waals surface area (Å²) in [6.45, 7) is 11.0. The fourth-order valence-corrected chi connectivity index (χ4v) is 9.78. The van der Waals surface area contributed by atoms with Gasteiger partial charge in [0, 0.05) is 44.2 Å². The van der Waals surface area contributed by atoms with Gasteiger partial charge in [0.2, 0.25) is 5.79 Å². The minimum atomic E-state index is -1.50. The fourth-order valence-electron chi connectivity index (χ4n) is 9.78. The van der Waals surface area contributed by atoms with Crippen molar-refractivity contribution in [3.63, 3.8) is 0 Å². The summed E-state index contributed by atoms with van der Waals surface area (Å²) in [6.07, 6.45) is 21.5. The maximum Gasteiger partial charge on any atom is 0.412 e. The highest BCUT2D eigenvalue weighted by atomic mass is 16.7. The van der Waals surface area contributed by atoms with Gasteiger partial charge in [-0.25, -0.2) is 9.59 Å². The first-order chi connectivity index (χ1) is 31.3. The molecule has 6 atom stereocenters. The zero-order valence-corrected chi connectivity index (χ0v) is 38.9. The lowest BCUT2D eigenvalue weighted by Gasteiger charge is -2.59. The second-order valence-electron chi connectivity index (χ2n) is 17.2. The van der Waals surface area contributed by atoms with E-state index in [2.05, 4.69) is 36.6 Å². The molecule has 360 valence electrons. The Morgan fingerprint density at radius 3 is 2.30 bits per heavy atom. The topological polar surface area (TPSA) is 178 Å². The number of aliphatic hydroxyl groups excluding tert-OH is 3. The molecule has 14 heteroatoms. The predicted molar refractivity (Wildman–Crippen MR) is 249 cm³/mol. The van der Waals surface area contributed by atoms with E-state index < -0.39 is 29.9 Å². The first-order valence-corrected chi connectivity index (χ1v) is 24.1. The number of fused-ring (bicyclic) bond motifs is 2. The number of benzene rings is 1. The van der Waals surface area contributed by atoms with Gasteiger partial charge in [-0.05, 0) is 74.1 Å². The Labute approximate surface area is 382 Å². The summed E-state index contributed by atoms with van der Waals surface area (Å²) < 4.78 is 31.7. The summed E-state index contributed by atoms with van der Waals surface area (Å²) in [5.74, 6) is -1.45. The molecule has 1 aliphatic heterocycles. The van der Waals surface area contributed by atoms with Crippen molar-refractivity contribution in [1.29, 1.82) is 0 Å². The number of oxime groups is 1. The van der Waals surface area contributed by atoms with Crippen molar-refractivity contribution < 1.29 is 53.4 Å². The van der Waals surface area contributed by atoms with Crippen molar-refractivity contribution in [1.82, 2.24) is 10.2 Å². The number of nitrogens with zero attached hydrogens (tertiary/aromatic N) is 2. The number of hydrogen-bond donors (Lipinski definition) is 4. The number of aliphatic hydroxyl groups is 3. The molecule has 4 rings (SSSR count). The maximum atomic E-state index is 14.3. The number of amides is 2. The lowest BCUT2D eigenvalue weighted by Crippen LogP contribution is -2.70. The van der Waals surface area contributed by atoms with Crippen LogP contribution in [0.2, 0.25) is 0 Å². The van der Waals surface area contributed by atoms with Gasteiger partial charge in [-0.3, -0.25) is 4.90 Å². The van der Waals surface area contributed by atoms with Crippen LogP contribution < -0.4 is 14.8 Å². The summed E-state index contributed by atoms with van der Waals surface area (Å²) in [5, 5.41) is 36.8. The van der Waals surface area contributed by atoms with E-state index in [1.165, 1.54) is 52.1 Å². The zero-order chi connectivity index (χ0) is 46.0. The highest BCUT2D eigenvalue weighted by Crippen LogP contribution is 2.62. The largest absolute Gasteiger partial charge is 0.459 e. The maximum absolute atomic E-state index is 14.3. The minimum absolute atomic E-state index is 0.0165. The third-order valence-electron chi connectivity index (χ3n) is 12.7. The van der Waals surface area contributed by atoms with Crippen molar-refractivity contribution in [3.8, 4) is 11.5 Å². The van der Waals surface area contributed by atoms with Crippen molar-refractivity contribution in [2.24, 2.45) is 22.9 Å². The number of hydrogen-bond acceptors (Lipinski definition) is 12. The van der Waals surface area contributed by atoms with Gasteiger partial charge in [0.15, 0.2) is 0 Å². The summed E-state index contributed by atoms with van der Waals surface area (Å²) in [7, 11) is 1.50. The molecule has 0 bridgehead atoms. The molecule has 1 heterocycles. The van der Waals surface area contributed by atoms with Gasteiger partial charge in [-0.15, -0.1) is 13.2 Å². The lowest BCUT2D eigenvalue weighted by atomic mass is 9.55. The summed E-state index contributed by atoms with van der Waals surface area (Å²) in [4.78, 5) is 34.6. The standard InChI is InChI=1S/C50H79N3O11/c1-5-8-10-11-12-13-14-15-16-19-26-51-48(57)63-39-24-25-44-42(36-39)46-40(23-18-21-29-55)38(22-17-20-28-54)35-41-43(52-59-4)37-45(50(64-44,47(41)46)62-31-7-3)53(27-33-60-34-30-56)49(58)61-32-9-6-2/h6-7,24-25,35-36,38,40,45-47,54-56H,2-3,5,8-23,26-34,37H2,1,4H3,(H,51,57)/t38-,40+,45-,46+,47+,50+/m0/s1. The van der Waals surface area contributed by atoms with Crippen LogP contribution in [0.25, 0.3) is 0 Å². The van der Waals surface area contributed by atoms with Crippen LogP contribution >= 0.6 is 0 Å². The molecule has 1 aromatic carbocycles. The van der Waals surface area contributed by atoms with Crippen LogP contribution in [0, 0.1) is 17.8 Å². The zero-order valence-electron chi connectivity index (χ0n) is 38.9. The van der Waals surface area contributed by atoms with Crippen molar-refractivity contribution in [2.45, 2.75) is 140 Å². The molecule has 0 unspecified atom stereocenters. The monoisotopic (exact) mass is 898 g/mol. The van der Waals surface area contributed by atoms with E-state index >= 15 is 0 Å². The van der Waals surface area contributed by atoms with Gasteiger partial charge in [0.25, 0.3) is 0 Å². The Balaban J connectivity index is 1.76.